The molecule has 0 aromatic carbocycles. The summed E-state index contributed by atoms with van der Waals surface area (Å²) in [5.41, 5.74) is 0. The maximum Gasteiger partial charge on any atom is 2.00 e. The molecule has 0 saturated carbocycles. The van der Waals surface area contributed by atoms with Gasteiger partial charge in [-0.05, 0) is 0 Å². The summed E-state index contributed by atoms with van der Waals surface area (Å²) in [5, 5.41) is 0. The molecule has 0 N–H and O–H groups in total. The molecule has 4 heavy (non-hydrogen) atoms. The Bertz CT molecular complexity index is 8.00. The van der Waals surface area contributed by atoms with Crippen LogP contribution in [0.1, 0.15) is 7.43 Å². The molecule has 0 aliphatic rings. The quantitative estimate of drug-likeness (QED) is 0.423. The second-order valence-electron chi connectivity index (χ2n) is 0. The fraction of sp³-hybridized carbons (Fsp3) is 1.00. The van der Waals surface area contributed by atoms with Gasteiger partial charge in [0.1, 0.15) is 0 Å². The normalized spacial score (nSPS) is 0. The van der Waals surface area contributed by atoms with Gasteiger partial charge in [-0.2, -0.15) is 9.90 Å². The zero-order valence-corrected chi connectivity index (χ0v) is 3.90. The Hall–Kier alpha value is 0.896. The fourth-order valence-electron chi connectivity index (χ4n) is 0. The Labute approximate surface area is 40.3 Å². The minimum Gasteiger partial charge on any atom is -2.00 e. The Morgan fingerprint density at radius 3 is 1.00 bits per heavy atom. The Kier molecular flexibility index (Phi) is 941. The van der Waals surface area contributed by atoms with Crippen LogP contribution in [0.4, 0.5) is 0 Å². The van der Waals surface area contributed by atoms with Crippen molar-refractivity contribution in [3.63, 3.8) is 0 Å². The summed E-state index contributed by atoms with van der Waals surface area (Å²) in [6.45, 7) is 0. The summed E-state index contributed by atoms with van der Waals surface area (Å²) in [4.78, 5) is 0. The summed E-state index contributed by atoms with van der Waals surface area (Å²) < 4.78 is 0. The van der Waals surface area contributed by atoms with E-state index >= 15 is 0 Å². The van der Waals surface area contributed by atoms with Crippen molar-refractivity contribution in [1.82, 2.24) is 0 Å². The summed E-state index contributed by atoms with van der Waals surface area (Å²) >= 11 is 0. The average Bonchev–Trinajstić information content (AvgIpc) is 0. The molecule has 0 rings (SSSR count). The van der Waals surface area contributed by atoms with Crippen LogP contribution in [0.2, 0.25) is 0 Å². The van der Waals surface area contributed by atoms with Crippen LogP contribution in [0.25, 0.3) is 0 Å². The van der Waals surface area contributed by atoms with Gasteiger partial charge in [0.2, 0.25) is 0 Å². The summed E-state index contributed by atoms with van der Waals surface area (Å²) in [7, 11) is 0. The topological polar surface area (TPSA) is 28.5 Å². The van der Waals surface area contributed by atoms with E-state index in [2.05, 4.69) is 0 Å². The third kappa shape index (κ3) is 13.0. The van der Waals surface area contributed by atoms with Gasteiger partial charge < -0.3 is 5.48 Å². The van der Waals surface area contributed by atoms with Gasteiger partial charge >= 0.3 is 16.8 Å². The SMILES string of the molecule is C.P.[Co+2].[O-2]. The first-order chi connectivity index (χ1) is 0. The maximum absolute atomic E-state index is 0. The van der Waals surface area contributed by atoms with E-state index in [1.807, 2.05) is 0 Å². The van der Waals surface area contributed by atoms with Crippen molar-refractivity contribution >= 4 is 9.90 Å². The van der Waals surface area contributed by atoms with Crippen LogP contribution in [0, 0.1) is 0 Å². The largest absolute Gasteiger partial charge is 2.00 e. The zero-order valence-electron chi connectivity index (χ0n) is 1.45. The Balaban J connectivity index is 0. The van der Waals surface area contributed by atoms with Gasteiger partial charge in [0, 0.05) is 0 Å². The van der Waals surface area contributed by atoms with Crippen molar-refractivity contribution in [3.05, 3.63) is 0 Å². The van der Waals surface area contributed by atoms with Gasteiger partial charge in [-0.1, -0.05) is 7.43 Å². The van der Waals surface area contributed by atoms with Crippen LogP contribution < -0.4 is 0 Å². The average molecular weight is 125 g/mol. The Morgan fingerprint density at radius 2 is 1.00 bits per heavy atom. The minimum atomic E-state index is 0. The molecule has 1 nitrogen and oxygen atoms in total. The third-order valence-corrected chi connectivity index (χ3v) is 0. The molecule has 0 aliphatic carbocycles. The first kappa shape index (κ1) is 92.5. The monoisotopic (exact) mass is 125 g/mol. The van der Waals surface area contributed by atoms with Crippen molar-refractivity contribution in [2.45, 2.75) is 7.43 Å². The van der Waals surface area contributed by atoms with Crippen molar-refractivity contribution in [3.8, 4) is 0 Å². The molecule has 31 valence electrons. The number of rotatable bonds is 0. The molecule has 0 spiro atoms. The summed E-state index contributed by atoms with van der Waals surface area (Å²) in [6, 6.07) is 0. The molecule has 0 saturated heterocycles. The molecule has 0 fully saturated rings. The van der Waals surface area contributed by atoms with Crippen LogP contribution in [-0.4, -0.2) is 0 Å². The predicted octanol–water partition coefficient (Wildman–Crippen LogP) is 0.573. The van der Waals surface area contributed by atoms with Crippen LogP contribution >= 0.6 is 9.90 Å². The van der Waals surface area contributed by atoms with Gasteiger partial charge in [-0.15, -0.1) is 0 Å². The van der Waals surface area contributed by atoms with E-state index in [0.717, 1.165) is 0 Å². The molecular weight excluding hydrogens is 118 g/mol. The zero-order chi connectivity index (χ0) is 0. The van der Waals surface area contributed by atoms with E-state index in [0.29, 0.717) is 0 Å². The van der Waals surface area contributed by atoms with Crippen molar-refractivity contribution < 1.29 is 22.3 Å². The fourth-order valence-corrected chi connectivity index (χ4v) is 0. The van der Waals surface area contributed by atoms with E-state index in [-0.39, 0.29) is 39.6 Å². The smallest absolute Gasteiger partial charge is 2.00 e. The van der Waals surface area contributed by atoms with Gasteiger partial charge in [0.15, 0.2) is 0 Å². The number of hydrogen-bond acceptors (Lipinski definition) is 0. The summed E-state index contributed by atoms with van der Waals surface area (Å²) in [5.74, 6) is 0. The third-order valence-electron chi connectivity index (χ3n) is 0. The van der Waals surface area contributed by atoms with E-state index in [9.17, 15) is 0 Å². The molecule has 1 unspecified atom stereocenters. The second-order valence-corrected chi connectivity index (χ2v) is 0. The molecule has 3 heteroatoms. The predicted molar refractivity (Wildman–Crippen MR) is 18.5 cm³/mol. The first-order valence-corrected chi connectivity index (χ1v) is 0. The van der Waals surface area contributed by atoms with Crippen molar-refractivity contribution in [1.29, 1.82) is 0 Å². The molecule has 0 bridgehead atoms. The standard InChI is InChI=1S/CH4.Co.O.H3P/h1H4;;;1H3/q;+2;-2;. The second kappa shape index (κ2) is 40.7. The molecular formula is CH7CoOP. The summed E-state index contributed by atoms with van der Waals surface area (Å²) in [6.07, 6.45) is 0. The van der Waals surface area contributed by atoms with Crippen molar-refractivity contribution in [2.75, 3.05) is 0 Å². The molecule has 0 aromatic heterocycles. The van der Waals surface area contributed by atoms with Gasteiger partial charge in [-0.3, -0.25) is 0 Å². The molecule has 0 amide bonds. The van der Waals surface area contributed by atoms with E-state index < -0.39 is 0 Å². The minimum absolute atomic E-state index is 0. The van der Waals surface area contributed by atoms with Crippen LogP contribution in [-0.2, 0) is 22.3 Å². The van der Waals surface area contributed by atoms with Crippen molar-refractivity contribution in [2.24, 2.45) is 0 Å². The maximum atomic E-state index is 0. The Morgan fingerprint density at radius 1 is 1.00 bits per heavy atom. The molecule has 1 atom stereocenters. The van der Waals surface area contributed by atoms with E-state index in [4.69, 9.17) is 0 Å². The van der Waals surface area contributed by atoms with Gasteiger partial charge in [-0.25, -0.2) is 0 Å². The van der Waals surface area contributed by atoms with Crippen LogP contribution in [0.3, 0.4) is 0 Å². The van der Waals surface area contributed by atoms with E-state index in [1.54, 1.807) is 0 Å². The molecule has 0 heterocycles. The van der Waals surface area contributed by atoms with Gasteiger partial charge in [0.25, 0.3) is 0 Å². The number of hydrogen-bond donors (Lipinski definition) is 0. The van der Waals surface area contributed by atoms with Crippen LogP contribution in [0.5, 0.6) is 0 Å². The molecule has 1 radical (unpaired) electrons. The van der Waals surface area contributed by atoms with Gasteiger partial charge in [0.05, 0.1) is 0 Å². The molecule has 0 aromatic rings. The van der Waals surface area contributed by atoms with E-state index in [1.165, 1.54) is 0 Å². The first-order valence-electron chi connectivity index (χ1n) is 0. The van der Waals surface area contributed by atoms with Crippen LogP contribution in [0.15, 0.2) is 0 Å². The molecule has 0 aliphatic heterocycles.